The largest absolute Gasteiger partial charge is 0.497 e. The van der Waals surface area contributed by atoms with Crippen LogP contribution in [0.1, 0.15) is 34.7 Å². The number of amides is 1. The highest BCUT2D eigenvalue weighted by Crippen LogP contribution is 2.35. The van der Waals surface area contributed by atoms with E-state index in [4.69, 9.17) is 4.74 Å². The van der Waals surface area contributed by atoms with Crippen LogP contribution in [-0.4, -0.2) is 29.4 Å². The fourth-order valence-electron chi connectivity index (χ4n) is 3.93. The van der Waals surface area contributed by atoms with Gasteiger partial charge in [0.05, 0.1) is 13.2 Å². The summed E-state index contributed by atoms with van der Waals surface area (Å²) in [5, 5.41) is 0. The fourth-order valence-corrected chi connectivity index (χ4v) is 3.93. The van der Waals surface area contributed by atoms with Crippen molar-refractivity contribution in [3.8, 4) is 5.75 Å². The summed E-state index contributed by atoms with van der Waals surface area (Å²) >= 11 is 0. The van der Waals surface area contributed by atoms with Crippen LogP contribution in [0.3, 0.4) is 0 Å². The lowest BCUT2D eigenvalue weighted by Gasteiger charge is -2.38. The van der Waals surface area contributed by atoms with Gasteiger partial charge >= 0.3 is 0 Å². The van der Waals surface area contributed by atoms with Crippen molar-refractivity contribution in [2.24, 2.45) is 0 Å². The second kappa shape index (κ2) is 8.26. The van der Waals surface area contributed by atoms with E-state index in [1.54, 1.807) is 19.5 Å². The smallest absolute Gasteiger partial charge is 0.223 e. The second-order valence-corrected chi connectivity index (χ2v) is 7.07. The molecule has 0 saturated carbocycles. The molecular weight excluding hydrogens is 348 g/mol. The van der Waals surface area contributed by atoms with Gasteiger partial charge in [0, 0.05) is 25.4 Å². The molecule has 1 aromatic heterocycles. The third-order valence-electron chi connectivity index (χ3n) is 5.41. The van der Waals surface area contributed by atoms with Gasteiger partial charge in [-0.1, -0.05) is 36.4 Å². The number of carbonyl (C=O) groups is 1. The van der Waals surface area contributed by atoms with Crippen molar-refractivity contribution >= 4 is 5.91 Å². The molecule has 0 saturated heterocycles. The van der Waals surface area contributed by atoms with Crippen LogP contribution < -0.4 is 4.74 Å². The Hall–Kier alpha value is -3.14. The van der Waals surface area contributed by atoms with Crippen LogP contribution in [-0.2, 0) is 17.6 Å². The Morgan fingerprint density at radius 1 is 1.07 bits per heavy atom. The highest BCUT2D eigenvalue weighted by atomic mass is 16.5. The molecule has 4 nitrogen and oxygen atoms in total. The van der Waals surface area contributed by atoms with E-state index in [0.717, 1.165) is 36.3 Å². The zero-order valence-electron chi connectivity index (χ0n) is 16.0. The number of aromatic nitrogens is 1. The number of pyridine rings is 1. The molecule has 142 valence electrons. The van der Waals surface area contributed by atoms with Crippen LogP contribution in [0, 0.1) is 0 Å². The number of aryl methyl sites for hydroxylation is 1. The molecule has 28 heavy (non-hydrogen) atoms. The Labute approximate surface area is 165 Å². The summed E-state index contributed by atoms with van der Waals surface area (Å²) in [6.07, 6.45) is 5.71. The molecule has 4 rings (SSSR count). The van der Waals surface area contributed by atoms with Crippen molar-refractivity contribution in [2.75, 3.05) is 13.7 Å². The third-order valence-corrected chi connectivity index (χ3v) is 5.41. The Balaban J connectivity index is 1.55. The third kappa shape index (κ3) is 3.77. The van der Waals surface area contributed by atoms with Gasteiger partial charge in [0.25, 0.3) is 0 Å². The number of ether oxygens (including phenoxy) is 1. The number of rotatable bonds is 5. The monoisotopic (exact) mass is 372 g/mol. The molecule has 0 radical (unpaired) electrons. The molecular formula is C24H24N2O2. The highest BCUT2D eigenvalue weighted by Gasteiger charge is 2.31. The molecule has 0 aliphatic carbocycles. The van der Waals surface area contributed by atoms with Crippen LogP contribution >= 0.6 is 0 Å². The maximum absolute atomic E-state index is 13.2. The minimum Gasteiger partial charge on any atom is -0.497 e. The molecule has 1 aliphatic rings. The van der Waals surface area contributed by atoms with E-state index in [1.165, 1.54) is 11.1 Å². The molecule has 3 aromatic rings. The summed E-state index contributed by atoms with van der Waals surface area (Å²) in [7, 11) is 1.66. The number of carbonyl (C=O) groups excluding carboxylic acids is 1. The highest BCUT2D eigenvalue weighted by molar-refractivity contribution is 5.78. The van der Waals surface area contributed by atoms with Crippen molar-refractivity contribution in [1.82, 2.24) is 9.88 Å². The predicted octanol–water partition coefficient (Wildman–Crippen LogP) is 4.20. The molecule has 1 unspecified atom stereocenters. The SMILES string of the molecule is COc1ccc(CCC(=O)N2CCc3ccccc3C2c2ccncc2)cc1. The van der Waals surface area contributed by atoms with Crippen molar-refractivity contribution in [3.05, 3.63) is 95.3 Å². The Bertz CT molecular complexity index is 938. The lowest BCUT2D eigenvalue weighted by Crippen LogP contribution is -2.40. The van der Waals surface area contributed by atoms with Crippen LogP contribution in [0.15, 0.2) is 73.1 Å². The summed E-state index contributed by atoms with van der Waals surface area (Å²) in [5.41, 5.74) is 4.80. The lowest BCUT2D eigenvalue weighted by molar-refractivity contribution is -0.133. The molecule has 0 spiro atoms. The van der Waals surface area contributed by atoms with Gasteiger partial charge in [0.1, 0.15) is 5.75 Å². The van der Waals surface area contributed by atoms with Crippen molar-refractivity contribution in [3.63, 3.8) is 0 Å². The lowest BCUT2D eigenvalue weighted by atomic mass is 9.88. The van der Waals surface area contributed by atoms with E-state index < -0.39 is 0 Å². The topological polar surface area (TPSA) is 42.4 Å². The number of hydrogen-bond acceptors (Lipinski definition) is 3. The normalized spacial score (nSPS) is 15.8. The first-order chi connectivity index (χ1) is 13.8. The van der Waals surface area contributed by atoms with E-state index in [1.807, 2.05) is 41.3 Å². The van der Waals surface area contributed by atoms with E-state index >= 15 is 0 Å². The molecule has 1 atom stereocenters. The van der Waals surface area contributed by atoms with Crippen LogP contribution in [0.4, 0.5) is 0 Å². The number of hydrogen-bond donors (Lipinski definition) is 0. The zero-order valence-corrected chi connectivity index (χ0v) is 16.0. The summed E-state index contributed by atoms with van der Waals surface area (Å²) < 4.78 is 5.21. The maximum atomic E-state index is 13.2. The van der Waals surface area contributed by atoms with Crippen molar-refractivity contribution < 1.29 is 9.53 Å². The standard InChI is InChI=1S/C24H24N2O2/c1-28-21-9-6-18(7-10-21)8-11-23(27)26-17-14-19-4-2-3-5-22(19)24(26)20-12-15-25-16-13-20/h2-7,9-10,12-13,15-16,24H,8,11,14,17H2,1H3. The fraction of sp³-hybridized carbons (Fsp3) is 0.250. The minimum atomic E-state index is -0.0451. The number of nitrogens with zero attached hydrogens (tertiary/aromatic N) is 2. The summed E-state index contributed by atoms with van der Waals surface area (Å²) in [6, 6.07) is 20.3. The minimum absolute atomic E-state index is 0.0451. The Kier molecular flexibility index (Phi) is 5.38. The van der Waals surface area contributed by atoms with Gasteiger partial charge < -0.3 is 9.64 Å². The number of methoxy groups -OCH3 is 1. The van der Waals surface area contributed by atoms with Crippen molar-refractivity contribution in [2.45, 2.75) is 25.3 Å². The van der Waals surface area contributed by atoms with Gasteiger partial charge in [-0.3, -0.25) is 9.78 Å². The summed E-state index contributed by atoms with van der Waals surface area (Å²) in [6.45, 7) is 0.742. The molecule has 2 aromatic carbocycles. The van der Waals surface area contributed by atoms with Gasteiger partial charge in [-0.25, -0.2) is 0 Å². The van der Waals surface area contributed by atoms with Crippen LogP contribution in [0.25, 0.3) is 0 Å². The van der Waals surface area contributed by atoms with Gasteiger partial charge in [0.2, 0.25) is 5.91 Å². The number of benzene rings is 2. The summed E-state index contributed by atoms with van der Waals surface area (Å²) in [5.74, 6) is 1.02. The molecule has 1 amide bonds. The second-order valence-electron chi connectivity index (χ2n) is 7.07. The quantitative estimate of drug-likeness (QED) is 0.674. The van der Waals surface area contributed by atoms with E-state index in [0.29, 0.717) is 6.42 Å². The van der Waals surface area contributed by atoms with Crippen molar-refractivity contribution in [1.29, 1.82) is 0 Å². The van der Waals surface area contributed by atoms with Crippen LogP contribution in [0.5, 0.6) is 5.75 Å². The van der Waals surface area contributed by atoms with E-state index in [2.05, 4.69) is 29.2 Å². The molecule has 0 bridgehead atoms. The van der Waals surface area contributed by atoms with E-state index in [-0.39, 0.29) is 11.9 Å². The first-order valence-corrected chi connectivity index (χ1v) is 9.66. The Morgan fingerprint density at radius 2 is 1.82 bits per heavy atom. The average Bonchev–Trinajstić information content (AvgIpc) is 2.77. The van der Waals surface area contributed by atoms with Gasteiger partial charge in [-0.2, -0.15) is 0 Å². The van der Waals surface area contributed by atoms with Gasteiger partial charge in [0.15, 0.2) is 0 Å². The molecule has 4 heteroatoms. The summed E-state index contributed by atoms with van der Waals surface area (Å²) in [4.78, 5) is 19.3. The van der Waals surface area contributed by atoms with Gasteiger partial charge in [-0.05, 0) is 59.4 Å². The van der Waals surface area contributed by atoms with Gasteiger partial charge in [-0.15, -0.1) is 0 Å². The number of fused-ring (bicyclic) bond motifs is 1. The van der Waals surface area contributed by atoms with E-state index in [9.17, 15) is 4.79 Å². The molecule has 0 N–H and O–H groups in total. The molecule has 1 aliphatic heterocycles. The molecule has 0 fully saturated rings. The molecule has 2 heterocycles. The first-order valence-electron chi connectivity index (χ1n) is 9.66. The predicted molar refractivity (Wildman–Crippen MR) is 109 cm³/mol. The average molecular weight is 372 g/mol. The zero-order chi connectivity index (χ0) is 19.3. The van der Waals surface area contributed by atoms with Crippen LogP contribution in [0.2, 0.25) is 0 Å². The first kappa shape index (κ1) is 18.2. The Morgan fingerprint density at radius 3 is 2.57 bits per heavy atom. The maximum Gasteiger partial charge on any atom is 0.223 e.